The van der Waals surface area contributed by atoms with Crippen molar-refractivity contribution in [2.75, 3.05) is 19.7 Å². The van der Waals surface area contributed by atoms with E-state index in [1.54, 1.807) is 0 Å². The third kappa shape index (κ3) is 2.98. The van der Waals surface area contributed by atoms with Crippen molar-refractivity contribution in [3.05, 3.63) is 0 Å². The van der Waals surface area contributed by atoms with E-state index in [-0.39, 0.29) is 18.4 Å². The lowest BCUT2D eigenvalue weighted by Crippen LogP contribution is -2.40. The summed E-state index contributed by atoms with van der Waals surface area (Å²) in [4.78, 5) is 13.6. The number of hydrogen-bond donors (Lipinski definition) is 1. The molecule has 0 bridgehead atoms. The first-order valence-corrected chi connectivity index (χ1v) is 5.54. The molecular formula is C11H21NO2. The average Bonchev–Trinajstić information content (AvgIpc) is 2.18. The lowest BCUT2D eigenvalue weighted by molar-refractivity contribution is -0.135. The van der Waals surface area contributed by atoms with Gasteiger partial charge in [0.2, 0.25) is 5.91 Å². The second-order valence-electron chi connectivity index (χ2n) is 4.44. The molecule has 0 aromatic carbocycles. The predicted molar refractivity (Wildman–Crippen MR) is 55.8 cm³/mol. The second kappa shape index (κ2) is 5.35. The van der Waals surface area contributed by atoms with Crippen LogP contribution in [-0.2, 0) is 4.79 Å². The van der Waals surface area contributed by atoms with Crippen LogP contribution in [0, 0.1) is 11.8 Å². The zero-order valence-electron chi connectivity index (χ0n) is 9.20. The predicted octanol–water partition coefficient (Wildman–Crippen LogP) is 1.26. The Hall–Kier alpha value is -0.570. The minimum atomic E-state index is 0.115. The van der Waals surface area contributed by atoms with Crippen LogP contribution in [0.1, 0.15) is 33.1 Å². The van der Waals surface area contributed by atoms with Crippen LogP contribution in [0.15, 0.2) is 0 Å². The molecule has 0 saturated carbocycles. The summed E-state index contributed by atoms with van der Waals surface area (Å²) in [5, 5.41) is 8.80. The lowest BCUT2D eigenvalue weighted by atomic mass is 9.93. The Morgan fingerprint density at radius 1 is 1.43 bits per heavy atom. The number of aliphatic hydroxyl groups is 1. The summed E-state index contributed by atoms with van der Waals surface area (Å²) >= 11 is 0. The molecule has 1 N–H and O–H groups in total. The van der Waals surface area contributed by atoms with Crippen LogP contribution in [0.3, 0.4) is 0 Å². The van der Waals surface area contributed by atoms with Crippen LogP contribution >= 0.6 is 0 Å². The molecule has 0 radical (unpaired) electrons. The van der Waals surface area contributed by atoms with E-state index in [2.05, 4.69) is 0 Å². The number of nitrogens with zero attached hydrogens (tertiary/aromatic N) is 1. The van der Waals surface area contributed by atoms with Crippen molar-refractivity contribution < 1.29 is 9.90 Å². The maximum absolute atomic E-state index is 11.6. The van der Waals surface area contributed by atoms with Crippen LogP contribution < -0.4 is 0 Å². The first-order chi connectivity index (χ1) is 6.65. The summed E-state index contributed by atoms with van der Waals surface area (Å²) in [5.74, 6) is 1.01. The fourth-order valence-electron chi connectivity index (χ4n) is 1.99. The van der Waals surface area contributed by atoms with Gasteiger partial charge >= 0.3 is 0 Å². The quantitative estimate of drug-likeness (QED) is 0.743. The Balaban J connectivity index is 2.32. The van der Waals surface area contributed by atoms with Crippen LogP contribution in [0.5, 0.6) is 0 Å². The molecule has 0 atom stereocenters. The molecule has 0 aromatic rings. The summed E-state index contributed by atoms with van der Waals surface area (Å²) in [7, 11) is 0. The summed E-state index contributed by atoms with van der Waals surface area (Å²) in [5.41, 5.74) is 0. The Bertz CT molecular complexity index is 184. The van der Waals surface area contributed by atoms with Crippen molar-refractivity contribution in [2.24, 2.45) is 11.8 Å². The molecule has 0 aromatic heterocycles. The molecule has 1 aliphatic heterocycles. The van der Waals surface area contributed by atoms with E-state index in [4.69, 9.17) is 5.11 Å². The highest BCUT2D eigenvalue weighted by atomic mass is 16.3. The number of carbonyl (C=O) groups is 1. The van der Waals surface area contributed by atoms with Gasteiger partial charge in [0.25, 0.3) is 0 Å². The molecule has 3 heteroatoms. The zero-order chi connectivity index (χ0) is 10.6. The Morgan fingerprint density at radius 3 is 2.43 bits per heavy atom. The minimum Gasteiger partial charge on any atom is -0.396 e. The highest BCUT2D eigenvalue weighted by Gasteiger charge is 2.23. The van der Waals surface area contributed by atoms with Gasteiger partial charge in [0, 0.05) is 25.6 Å². The lowest BCUT2D eigenvalue weighted by Gasteiger charge is -2.32. The van der Waals surface area contributed by atoms with Crippen LogP contribution in [0.2, 0.25) is 0 Å². The molecule has 0 unspecified atom stereocenters. The summed E-state index contributed by atoms with van der Waals surface area (Å²) in [6.07, 6.45) is 3.00. The summed E-state index contributed by atoms with van der Waals surface area (Å²) < 4.78 is 0. The SMILES string of the molecule is CC(C)C(=O)N1CCC(CCO)CC1. The van der Waals surface area contributed by atoms with Crippen molar-refractivity contribution >= 4 is 5.91 Å². The number of hydrogen-bond acceptors (Lipinski definition) is 2. The average molecular weight is 199 g/mol. The standard InChI is InChI=1S/C11H21NO2/c1-9(2)11(14)12-6-3-10(4-7-12)5-8-13/h9-10,13H,3-8H2,1-2H3. The van der Waals surface area contributed by atoms with Crippen molar-refractivity contribution in [1.29, 1.82) is 0 Å². The smallest absolute Gasteiger partial charge is 0.225 e. The molecule has 1 saturated heterocycles. The van der Waals surface area contributed by atoms with Crippen LogP contribution in [-0.4, -0.2) is 35.6 Å². The van der Waals surface area contributed by atoms with E-state index in [9.17, 15) is 4.79 Å². The van der Waals surface area contributed by atoms with Crippen LogP contribution in [0.25, 0.3) is 0 Å². The van der Waals surface area contributed by atoms with Gasteiger partial charge in [-0.05, 0) is 25.2 Å². The van der Waals surface area contributed by atoms with Crippen molar-refractivity contribution in [2.45, 2.75) is 33.1 Å². The first kappa shape index (κ1) is 11.5. The Kier molecular flexibility index (Phi) is 4.39. The number of amides is 1. The van der Waals surface area contributed by atoms with E-state index in [0.29, 0.717) is 5.92 Å². The molecule has 1 rings (SSSR count). The number of rotatable bonds is 3. The Labute approximate surface area is 86.1 Å². The fourth-order valence-corrected chi connectivity index (χ4v) is 1.99. The van der Waals surface area contributed by atoms with Crippen molar-refractivity contribution in [3.8, 4) is 0 Å². The van der Waals surface area contributed by atoms with Gasteiger partial charge < -0.3 is 10.0 Å². The van der Waals surface area contributed by atoms with E-state index >= 15 is 0 Å². The van der Waals surface area contributed by atoms with Gasteiger partial charge in [0.1, 0.15) is 0 Å². The molecule has 3 nitrogen and oxygen atoms in total. The highest BCUT2D eigenvalue weighted by Crippen LogP contribution is 2.21. The third-order valence-corrected chi connectivity index (χ3v) is 2.96. The van der Waals surface area contributed by atoms with Gasteiger partial charge in [-0.15, -0.1) is 0 Å². The monoisotopic (exact) mass is 199 g/mol. The molecule has 0 spiro atoms. The maximum Gasteiger partial charge on any atom is 0.225 e. The number of piperidine rings is 1. The maximum atomic E-state index is 11.6. The molecule has 1 aliphatic rings. The Morgan fingerprint density at radius 2 is 2.00 bits per heavy atom. The topological polar surface area (TPSA) is 40.5 Å². The number of carbonyl (C=O) groups excluding carboxylic acids is 1. The summed E-state index contributed by atoms with van der Waals surface area (Å²) in [6.45, 7) is 5.93. The van der Waals surface area contributed by atoms with Crippen molar-refractivity contribution in [3.63, 3.8) is 0 Å². The first-order valence-electron chi connectivity index (χ1n) is 5.54. The van der Waals surface area contributed by atoms with Gasteiger partial charge in [-0.3, -0.25) is 4.79 Å². The van der Waals surface area contributed by atoms with E-state index in [0.717, 1.165) is 32.4 Å². The van der Waals surface area contributed by atoms with E-state index in [1.807, 2.05) is 18.7 Å². The molecule has 14 heavy (non-hydrogen) atoms. The van der Waals surface area contributed by atoms with Gasteiger partial charge in [-0.1, -0.05) is 13.8 Å². The third-order valence-electron chi connectivity index (χ3n) is 2.96. The second-order valence-corrected chi connectivity index (χ2v) is 4.44. The molecular weight excluding hydrogens is 178 g/mol. The van der Waals surface area contributed by atoms with Gasteiger partial charge in [0.05, 0.1) is 0 Å². The molecule has 1 amide bonds. The minimum absolute atomic E-state index is 0.115. The largest absolute Gasteiger partial charge is 0.396 e. The number of likely N-dealkylation sites (tertiary alicyclic amines) is 1. The van der Waals surface area contributed by atoms with E-state index in [1.165, 1.54) is 0 Å². The normalized spacial score (nSPS) is 19.0. The zero-order valence-corrected chi connectivity index (χ0v) is 9.20. The molecule has 82 valence electrons. The molecule has 1 fully saturated rings. The summed E-state index contributed by atoms with van der Waals surface area (Å²) in [6, 6.07) is 0. The number of aliphatic hydroxyl groups excluding tert-OH is 1. The molecule has 1 heterocycles. The van der Waals surface area contributed by atoms with Gasteiger partial charge in [-0.25, -0.2) is 0 Å². The van der Waals surface area contributed by atoms with Gasteiger partial charge in [0.15, 0.2) is 0 Å². The fraction of sp³-hybridized carbons (Fsp3) is 0.909. The van der Waals surface area contributed by atoms with E-state index < -0.39 is 0 Å². The van der Waals surface area contributed by atoms with Crippen molar-refractivity contribution in [1.82, 2.24) is 4.90 Å². The van der Waals surface area contributed by atoms with Crippen LogP contribution in [0.4, 0.5) is 0 Å². The van der Waals surface area contributed by atoms with Gasteiger partial charge in [-0.2, -0.15) is 0 Å². The molecule has 0 aliphatic carbocycles. The highest BCUT2D eigenvalue weighted by molar-refractivity contribution is 5.78.